The van der Waals surface area contributed by atoms with Crippen LogP contribution in [0.1, 0.15) is 11.6 Å². The number of anilines is 1. The predicted molar refractivity (Wildman–Crippen MR) is 93.0 cm³/mol. The van der Waals surface area contributed by atoms with Gasteiger partial charge in [-0.1, -0.05) is 12.1 Å². The number of carbonyl (C=O) groups is 1. The van der Waals surface area contributed by atoms with Crippen molar-refractivity contribution in [2.24, 2.45) is 0 Å². The number of amides is 1. The molecule has 0 aliphatic carbocycles. The predicted octanol–water partition coefficient (Wildman–Crippen LogP) is 1.40. The Hall–Kier alpha value is -1.79. The van der Waals surface area contributed by atoms with Gasteiger partial charge in [0.2, 0.25) is 0 Å². The van der Waals surface area contributed by atoms with Gasteiger partial charge in [-0.3, -0.25) is 4.90 Å². The van der Waals surface area contributed by atoms with Crippen LogP contribution in [0.3, 0.4) is 0 Å². The third-order valence-corrected chi connectivity index (χ3v) is 4.40. The van der Waals surface area contributed by atoms with Gasteiger partial charge in [0, 0.05) is 52.5 Å². The second-order valence-electron chi connectivity index (χ2n) is 6.21. The minimum absolute atomic E-state index is 0.166. The number of carbonyl (C=O) groups excluding carboxylic acids is 1. The summed E-state index contributed by atoms with van der Waals surface area (Å²) >= 11 is 0. The number of benzene rings is 1. The summed E-state index contributed by atoms with van der Waals surface area (Å²) in [5.41, 5.74) is 2.39. The monoisotopic (exact) mass is 320 g/mol. The van der Waals surface area contributed by atoms with Crippen molar-refractivity contribution in [2.75, 3.05) is 65.9 Å². The van der Waals surface area contributed by atoms with Crippen molar-refractivity contribution in [1.82, 2.24) is 15.1 Å². The quantitative estimate of drug-likeness (QED) is 0.889. The van der Waals surface area contributed by atoms with Crippen molar-refractivity contribution in [3.8, 4) is 0 Å². The molecule has 128 valence electrons. The van der Waals surface area contributed by atoms with Crippen LogP contribution < -0.4 is 10.2 Å². The molecule has 1 amide bonds. The van der Waals surface area contributed by atoms with Gasteiger partial charge in [0.05, 0.1) is 13.2 Å². The normalized spacial score (nSPS) is 17.6. The van der Waals surface area contributed by atoms with E-state index < -0.39 is 0 Å². The Labute approximate surface area is 139 Å². The van der Waals surface area contributed by atoms with Crippen molar-refractivity contribution in [2.45, 2.75) is 6.04 Å². The molecule has 1 N–H and O–H groups in total. The van der Waals surface area contributed by atoms with E-state index in [0.717, 1.165) is 26.2 Å². The van der Waals surface area contributed by atoms with Crippen LogP contribution >= 0.6 is 0 Å². The number of hydrogen-bond donors (Lipinski definition) is 1. The van der Waals surface area contributed by atoms with E-state index in [-0.39, 0.29) is 12.1 Å². The van der Waals surface area contributed by atoms with Crippen molar-refractivity contribution in [3.63, 3.8) is 0 Å². The van der Waals surface area contributed by atoms with Gasteiger partial charge in [0.25, 0.3) is 0 Å². The average molecular weight is 320 g/mol. The maximum Gasteiger partial charge on any atom is 0.406 e. The molecule has 0 saturated carbocycles. The Morgan fingerprint density at radius 1 is 1.22 bits per heavy atom. The molecular formula is C17H28N4O2. The zero-order chi connectivity index (χ0) is 16.8. The van der Waals surface area contributed by atoms with E-state index in [1.165, 1.54) is 18.4 Å². The summed E-state index contributed by atoms with van der Waals surface area (Å²) in [4.78, 5) is 18.3. The minimum atomic E-state index is -0.381. The van der Waals surface area contributed by atoms with E-state index in [4.69, 9.17) is 4.74 Å². The van der Waals surface area contributed by atoms with Crippen molar-refractivity contribution in [1.29, 1.82) is 0 Å². The van der Waals surface area contributed by atoms with Gasteiger partial charge in [0.15, 0.2) is 0 Å². The summed E-state index contributed by atoms with van der Waals surface area (Å²) in [5, 5.41) is 2.85. The van der Waals surface area contributed by atoms with Gasteiger partial charge in [-0.2, -0.15) is 0 Å². The van der Waals surface area contributed by atoms with E-state index in [1.54, 1.807) is 0 Å². The van der Waals surface area contributed by atoms with Crippen LogP contribution in [0.25, 0.3) is 0 Å². The maximum absolute atomic E-state index is 11.5. The lowest BCUT2D eigenvalue weighted by molar-refractivity contribution is 0.107. The average Bonchev–Trinajstić information content (AvgIpc) is 2.56. The minimum Gasteiger partial charge on any atom is -0.453 e. The Bertz CT molecular complexity index is 496. The molecule has 0 aromatic heterocycles. The molecule has 6 heteroatoms. The first-order valence-electron chi connectivity index (χ1n) is 8.03. The Balaban J connectivity index is 2.12. The first kappa shape index (κ1) is 17.6. The highest BCUT2D eigenvalue weighted by atomic mass is 16.5. The number of likely N-dealkylation sites (N-methyl/N-ethyl adjacent to an activating group) is 1. The van der Waals surface area contributed by atoms with Crippen LogP contribution in [-0.2, 0) is 4.74 Å². The third kappa shape index (κ3) is 4.84. The molecule has 1 saturated heterocycles. The highest BCUT2D eigenvalue weighted by Gasteiger charge is 2.24. The van der Waals surface area contributed by atoms with Gasteiger partial charge >= 0.3 is 6.09 Å². The van der Waals surface area contributed by atoms with Crippen LogP contribution in [0, 0.1) is 0 Å². The largest absolute Gasteiger partial charge is 0.453 e. The van der Waals surface area contributed by atoms with E-state index in [0.29, 0.717) is 6.54 Å². The first-order valence-corrected chi connectivity index (χ1v) is 8.03. The van der Waals surface area contributed by atoms with Gasteiger partial charge in [-0.15, -0.1) is 0 Å². The zero-order valence-electron chi connectivity index (χ0n) is 14.6. The van der Waals surface area contributed by atoms with Gasteiger partial charge < -0.3 is 19.9 Å². The fourth-order valence-corrected chi connectivity index (χ4v) is 2.84. The number of rotatable bonds is 5. The van der Waals surface area contributed by atoms with Crippen LogP contribution in [0.2, 0.25) is 0 Å². The molecule has 1 heterocycles. The molecule has 1 aromatic rings. The molecule has 1 unspecified atom stereocenters. The molecule has 0 bridgehead atoms. The van der Waals surface area contributed by atoms with Gasteiger partial charge in [-0.05, 0) is 24.7 Å². The Morgan fingerprint density at radius 2 is 1.83 bits per heavy atom. The SMILES string of the molecule is COC(=O)NCC(c1ccc(N(C)C)cc1)N1CCN(C)CC1. The molecule has 1 atom stereocenters. The molecule has 23 heavy (non-hydrogen) atoms. The smallest absolute Gasteiger partial charge is 0.406 e. The van der Waals surface area contributed by atoms with Gasteiger partial charge in [-0.25, -0.2) is 4.79 Å². The summed E-state index contributed by atoms with van der Waals surface area (Å²) in [6.45, 7) is 4.64. The number of methoxy groups -OCH3 is 1. The van der Waals surface area contributed by atoms with Crippen LogP contribution in [-0.4, -0.2) is 76.9 Å². The summed E-state index contributed by atoms with van der Waals surface area (Å²) in [6, 6.07) is 8.71. The van der Waals surface area contributed by atoms with Crippen LogP contribution in [0.15, 0.2) is 24.3 Å². The lowest BCUT2D eigenvalue weighted by Crippen LogP contribution is -2.48. The van der Waals surface area contributed by atoms with E-state index in [1.807, 2.05) is 14.1 Å². The fourth-order valence-electron chi connectivity index (χ4n) is 2.84. The molecule has 1 aliphatic heterocycles. The van der Waals surface area contributed by atoms with E-state index >= 15 is 0 Å². The van der Waals surface area contributed by atoms with Crippen molar-refractivity contribution >= 4 is 11.8 Å². The summed E-state index contributed by atoms with van der Waals surface area (Å²) < 4.78 is 4.71. The van der Waals surface area contributed by atoms with E-state index in [2.05, 4.69) is 51.3 Å². The first-order chi connectivity index (χ1) is 11.0. The fraction of sp³-hybridized carbons (Fsp3) is 0.588. The topological polar surface area (TPSA) is 48.1 Å². The molecule has 2 rings (SSSR count). The molecule has 1 fully saturated rings. The molecule has 6 nitrogen and oxygen atoms in total. The number of alkyl carbamates (subject to hydrolysis) is 1. The second-order valence-corrected chi connectivity index (χ2v) is 6.21. The third-order valence-electron chi connectivity index (χ3n) is 4.40. The summed E-state index contributed by atoms with van der Waals surface area (Å²) in [6.07, 6.45) is -0.381. The summed E-state index contributed by atoms with van der Waals surface area (Å²) in [5.74, 6) is 0. The molecule has 0 spiro atoms. The number of ether oxygens (including phenoxy) is 1. The van der Waals surface area contributed by atoms with E-state index in [9.17, 15) is 4.79 Å². The highest BCUT2D eigenvalue weighted by molar-refractivity contribution is 5.66. The summed E-state index contributed by atoms with van der Waals surface area (Å²) in [7, 11) is 7.61. The zero-order valence-corrected chi connectivity index (χ0v) is 14.6. The molecule has 1 aromatic carbocycles. The molecule has 1 aliphatic rings. The standard InChI is InChI=1S/C17H28N4O2/c1-19(2)15-7-5-14(6-8-15)16(13-18-17(22)23-4)21-11-9-20(3)10-12-21/h5-8,16H,9-13H2,1-4H3,(H,18,22). The molecular weight excluding hydrogens is 292 g/mol. The number of nitrogens with one attached hydrogen (secondary N) is 1. The number of piperazine rings is 1. The van der Waals surface area contributed by atoms with Crippen LogP contribution in [0.5, 0.6) is 0 Å². The van der Waals surface area contributed by atoms with Gasteiger partial charge in [0.1, 0.15) is 0 Å². The number of nitrogens with zero attached hydrogens (tertiary/aromatic N) is 3. The van der Waals surface area contributed by atoms with Crippen molar-refractivity contribution in [3.05, 3.63) is 29.8 Å². The van der Waals surface area contributed by atoms with Crippen LogP contribution in [0.4, 0.5) is 10.5 Å². The lowest BCUT2D eigenvalue weighted by Gasteiger charge is -2.38. The Morgan fingerprint density at radius 3 is 2.35 bits per heavy atom. The Kier molecular flexibility index (Phi) is 6.24. The highest BCUT2D eigenvalue weighted by Crippen LogP contribution is 2.24. The maximum atomic E-state index is 11.5. The second kappa shape index (κ2) is 8.17. The van der Waals surface area contributed by atoms with Crippen molar-refractivity contribution < 1.29 is 9.53 Å². The lowest BCUT2D eigenvalue weighted by atomic mass is 10.0. The number of hydrogen-bond acceptors (Lipinski definition) is 5. The molecule has 0 radical (unpaired) electrons.